The van der Waals surface area contributed by atoms with Crippen molar-refractivity contribution in [2.75, 3.05) is 4.72 Å². The molecule has 0 saturated carbocycles. The van der Waals surface area contributed by atoms with E-state index in [9.17, 15) is 8.42 Å². The van der Waals surface area contributed by atoms with Crippen molar-refractivity contribution < 1.29 is 8.42 Å². The van der Waals surface area contributed by atoms with E-state index >= 15 is 0 Å². The SMILES string of the molecule is NS(=O)(=O)Nc1ncns1. The van der Waals surface area contributed by atoms with Crippen LogP contribution in [0.1, 0.15) is 0 Å². The number of rotatable bonds is 2. The molecule has 10 heavy (non-hydrogen) atoms. The van der Waals surface area contributed by atoms with Crippen molar-refractivity contribution in [1.82, 2.24) is 9.36 Å². The Bertz CT molecular complexity index is 289. The summed E-state index contributed by atoms with van der Waals surface area (Å²) in [7, 11) is -3.69. The second-order valence-corrected chi connectivity index (χ2v) is 3.47. The highest BCUT2D eigenvalue weighted by Gasteiger charge is 2.03. The second-order valence-electron chi connectivity index (χ2n) is 1.39. The van der Waals surface area contributed by atoms with Crippen LogP contribution in [0.2, 0.25) is 0 Å². The first kappa shape index (κ1) is 7.38. The van der Waals surface area contributed by atoms with E-state index in [4.69, 9.17) is 0 Å². The quantitative estimate of drug-likeness (QED) is 0.619. The third-order valence-electron chi connectivity index (χ3n) is 0.591. The van der Waals surface area contributed by atoms with Crippen LogP contribution in [0.25, 0.3) is 0 Å². The molecule has 6 nitrogen and oxygen atoms in total. The number of nitrogens with zero attached hydrogens (tertiary/aromatic N) is 2. The third kappa shape index (κ3) is 2.25. The molecule has 1 rings (SSSR count). The summed E-state index contributed by atoms with van der Waals surface area (Å²) in [5.41, 5.74) is 0. The summed E-state index contributed by atoms with van der Waals surface area (Å²) in [4.78, 5) is 3.54. The first-order valence-corrected chi connectivity index (χ1v) is 4.47. The smallest absolute Gasteiger partial charge is 0.245 e. The fourth-order valence-corrected chi connectivity index (χ4v) is 1.42. The summed E-state index contributed by atoms with van der Waals surface area (Å²) in [6.07, 6.45) is 1.23. The van der Waals surface area contributed by atoms with E-state index < -0.39 is 10.2 Å². The van der Waals surface area contributed by atoms with Crippen molar-refractivity contribution in [1.29, 1.82) is 0 Å². The molecular formula is C2H4N4O2S2. The lowest BCUT2D eigenvalue weighted by atomic mass is 11.2. The molecule has 0 amide bonds. The number of nitrogens with one attached hydrogen (secondary N) is 1. The second kappa shape index (κ2) is 2.48. The lowest BCUT2D eigenvalue weighted by Crippen LogP contribution is -2.21. The lowest BCUT2D eigenvalue weighted by molar-refractivity contribution is 0.603. The third-order valence-corrected chi connectivity index (χ3v) is 1.78. The van der Waals surface area contributed by atoms with Gasteiger partial charge in [0, 0.05) is 11.5 Å². The average molecular weight is 180 g/mol. The first-order chi connectivity index (χ1) is 4.58. The zero-order valence-corrected chi connectivity index (χ0v) is 6.32. The van der Waals surface area contributed by atoms with Crippen LogP contribution in [-0.2, 0) is 10.2 Å². The molecule has 0 radical (unpaired) electrons. The van der Waals surface area contributed by atoms with Gasteiger partial charge in [-0.25, -0.2) is 14.8 Å². The Kier molecular flexibility index (Phi) is 1.83. The van der Waals surface area contributed by atoms with Gasteiger partial charge in [0.2, 0.25) is 5.13 Å². The number of nitrogens with two attached hydrogens (primary N) is 1. The molecule has 0 atom stereocenters. The largest absolute Gasteiger partial charge is 0.298 e. The highest BCUT2D eigenvalue weighted by Crippen LogP contribution is 2.06. The monoisotopic (exact) mass is 180 g/mol. The van der Waals surface area contributed by atoms with Gasteiger partial charge in [-0.05, 0) is 0 Å². The van der Waals surface area contributed by atoms with Crippen LogP contribution in [0.3, 0.4) is 0 Å². The van der Waals surface area contributed by atoms with Gasteiger partial charge in [0.25, 0.3) is 10.2 Å². The van der Waals surface area contributed by atoms with Crippen LogP contribution in [0.4, 0.5) is 5.13 Å². The van der Waals surface area contributed by atoms with E-state index in [0.717, 1.165) is 11.5 Å². The zero-order chi connectivity index (χ0) is 7.61. The van der Waals surface area contributed by atoms with Gasteiger partial charge in [-0.1, -0.05) is 0 Å². The van der Waals surface area contributed by atoms with Crippen molar-refractivity contribution in [2.45, 2.75) is 0 Å². The van der Waals surface area contributed by atoms with E-state index in [-0.39, 0.29) is 5.13 Å². The first-order valence-electron chi connectivity index (χ1n) is 2.15. The van der Waals surface area contributed by atoms with Crippen molar-refractivity contribution >= 4 is 26.9 Å². The topological polar surface area (TPSA) is 98.0 Å². The number of hydrogen-bond donors (Lipinski definition) is 2. The highest BCUT2D eigenvalue weighted by molar-refractivity contribution is 7.90. The van der Waals surface area contributed by atoms with Gasteiger partial charge >= 0.3 is 0 Å². The molecule has 1 aromatic rings. The van der Waals surface area contributed by atoms with E-state index in [1.54, 1.807) is 0 Å². The molecule has 0 fully saturated rings. The molecule has 56 valence electrons. The van der Waals surface area contributed by atoms with Gasteiger partial charge in [0.15, 0.2) is 0 Å². The van der Waals surface area contributed by atoms with Crippen molar-refractivity contribution in [2.24, 2.45) is 5.14 Å². The number of hydrogen-bond acceptors (Lipinski definition) is 5. The standard InChI is InChI=1S/C2H4N4O2S2/c3-10(7,8)6-2-4-1-5-9-2/h1H,(H2,3,7,8)(H,4,5,6). The minimum atomic E-state index is -3.69. The van der Waals surface area contributed by atoms with Gasteiger partial charge in [-0.15, -0.1) is 0 Å². The van der Waals surface area contributed by atoms with E-state index in [1.165, 1.54) is 6.33 Å². The molecule has 0 spiro atoms. The molecule has 0 aliphatic rings. The molecule has 8 heteroatoms. The summed E-state index contributed by atoms with van der Waals surface area (Å²) in [6.45, 7) is 0. The maximum atomic E-state index is 10.3. The zero-order valence-electron chi connectivity index (χ0n) is 4.68. The normalized spacial score (nSPS) is 11.3. The predicted molar refractivity (Wildman–Crippen MR) is 36.6 cm³/mol. The Morgan fingerprint density at radius 2 is 2.40 bits per heavy atom. The fraction of sp³-hybridized carbons (Fsp3) is 0. The summed E-state index contributed by atoms with van der Waals surface area (Å²) in [6, 6.07) is 0. The molecule has 3 N–H and O–H groups in total. The van der Waals surface area contributed by atoms with Crippen LogP contribution < -0.4 is 9.86 Å². The Labute approximate surface area is 61.4 Å². The van der Waals surface area contributed by atoms with Gasteiger partial charge < -0.3 is 0 Å². The molecule has 0 aliphatic carbocycles. The fourth-order valence-electron chi connectivity index (χ4n) is 0.340. The van der Waals surface area contributed by atoms with Crippen LogP contribution in [0.5, 0.6) is 0 Å². The van der Waals surface area contributed by atoms with E-state index in [1.807, 2.05) is 4.72 Å². The summed E-state index contributed by atoms with van der Waals surface area (Å²) in [5, 5.41) is 4.80. The Morgan fingerprint density at radius 3 is 2.80 bits per heavy atom. The molecule has 0 saturated heterocycles. The van der Waals surface area contributed by atoms with Crippen molar-refractivity contribution in [3.05, 3.63) is 6.33 Å². The van der Waals surface area contributed by atoms with Crippen molar-refractivity contribution in [3.8, 4) is 0 Å². The van der Waals surface area contributed by atoms with Crippen molar-refractivity contribution in [3.63, 3.8) is 0 Å². The molecule has 1 heterocycles. The minimum Gasteiger partial charge on any atom is -0.245 e. The van der Waals surface area contributed by atoms with E-state index in [0.29, 0.717) is 0 Å². The summed E-state index contributed by atoms with van der Waals surface area (Å²) < 4.78 is 26.1. The van der Waals surface area contributed by atoms with Gasteiger partial charge in [0.1, 0.15) is 6.33 Å². The maximum absolute atomic E-state index is 10.3. The molecular weight excluding hydrogens is 176 g/mol. The molecule has 1 aromatic heterocycles. The predicted octanol–water partition coefficient (Wildman–Crippen LogP) is -0.847. The molecule has 0 aliphatic heterocycles. The number of aromatic nitrogens is 2. The van der Waals surface area contributed by atoms with Crippen LogP contribution in [-0.4, -0.2) is 17.8 Å². The van der Waals surface area contributed by atoms with E-state index in [2.05, 4.69) is 14.5 Å². The van der Waals surface area contributed by atoms with Gasteiger partial charge in [-0.3, -0.25) is 0 Å². The van der Waals surface area contributed by atoms with Crippen LogP contribution >= 0.6 is 11.5 Å². The minimum absolute atomic E-state index is 0.169. The lowest BCUT2D eigenvalue weighted by Gasteiger charge is -1.93. The molecule has 0 aromatic carbocycles. The van der Waals surface area contributed by atoms with Crippen LogP contribution in [0, 0.1) is 0 Å². The Morgan fingerprint density at radius 1 is 1.70 bits per heavy atom. The Hall–Kier alpha value is -0.730. The van der Waals surface area contributed by atoms with Gasteiger partial charge in [-0.2, -0.15) is 12.8 Å². The Balaban J connectivity index is 2.75. The average Bonchev–Trinajstić information content (AvgIpc) is 2.12. The summed E-state index contributed by atoms with van der Waals surface area (Å²) >= 11 is 0.918. The molecule has 0 unspecified atom stereocenters. The number of anilines is 1. The van der Waals surface area contributed by atoms with Gasteiger partial charge in [0.05, 0.1) is 0 Å². The van der Waals surface area contributed by atoms with Crippen LogP contribution in [0.15, 0.2) is 6.33 Å². The summed E-state index contributed by atoms with van der Waals surface area (Å²) in [5.74, 6) is 0. The maximum Gasteiger partial charge on any atom is 0.298 e. The highest BCUT2D eigenvalue weighted by atomic mass is 32.2. The molecule has 0 bridgehead atoms.